The van der Waals surface area contributed by atoms with Crippen molar-refractivity contribution in [1.82, 2.24) is 4.90 Å². The summed E-state index contributed by atoms with van der Waals surface area (Å²) in [4.78, 5) is 26.9. The number of rotatable bonds is 10. The summed E-state index contributed by atoms with van der Waals surface area (Å²) >= 11 is 0. The Balaban J connectivity index is 0.00000392. The van der Waals surface area contributed by atoms with Crippen LogP contribution in [0.15, 0.2) is 18.2 Å². The zero-order chi connectivity index (χ0) is 19.5. The number of piperidine rings is 1. The zero-order valence-electron chi connectivity index (χ0n) is 16.9. The van der Waals surface area contributed by atoms with Crippen LogP contribution in [0.1, 0.15) is 68.6 Å². The molecule has 3 N–H and O–H groups in total. The molecule has 0 aromatic heterocycles. The van der Waals surface area contributed by atoms with Crippen molar-refractivity contribution in [3.63, 3.8) is 0 Å². The molecule has 0 aliphatic carbocycles. The first kappa shape index (κ1) is 24.2. The van der Waals surface area contributed by atoms with Gasteiger partial charge in [0.2, 0.25) is 5.91 Å². The predicted octanol–water partition coefficient (Wildman–Crippen LogP) is 3.98. The van der Waals surface area contributed by atoms with Crippen LogP contribution in [0.2, 0.25) is 0 Å². The lowest BCUT2D eigenvalue weighted by Crippen LogP contribution is -2.35. The molecule has 0 saturated carbocycles. The molecule has 1 aromatic rings. The quantitative estimate of drug-likeness (QED) is 0.570. The highest BCUT2D eigenvalue weighted by Crippen LogP contribution is 2.27. The fourth-order valence-electron chi connectivity index (χ4n) is 3.32. The molecule has 158 valence electrons. The van der Waals surface area contributed by atoms with Crippen LogP contribution in [0.3, 0.4) is 0 Å². The average Bonchev–Trinajstić information content (AvgIpc) is 2.69. The molecule has 2 amide bonds. The van der Waals surface area contributed by atoms with Gasteiger partial charge >= 0.3 is 0 Å². The van der Waals surface area contributed by atoms with Crippen LogP contribution in [-0.4, -0.2) is 43.0 Å². The van der Waals surface area contributed by atoms with E-state index in [1.165, 1.54) is 6.42 Å². The van der Waals surface area contributed by atoms with Crippen LogP contribution in [0.5, 0.6) is 5.75 Å². The van der Waals surface area contributed by atoms with E-state index in [9.17, 15) is 9.59 Å². The molecular weight excluding hydrogens is 378 g/mol. The van der Waals surface area contributed by atoms with E-state index < -0.39 is 0 Å². The first-order valence-corrected chi connectivity index (χ1v) is 10.2. The number of anilines is 1. The Labute approximate surface area is 174 Å². The van der Waals surface area contributed by atoms with Crippen molar-refractivity contribution in [2.75, 3.05) is 31.6 Å². The molecule has 1 fully saturated rings. The first-order valence-electron chi connectivity index (χ1n) is 10.2. The van der Waals surface area contributed by atoms with Crippen molar-refractivity contribution < 1.29 is 14.3 Å². The lowest BCUT2D eigenvalue weighted by molar-refractivity contribution is -0.116. The number of hydrogen-bond donors (Lipinski definition) is 2. The summed E-state index contributed by atoms with van der Waals surface area (Å²) < 4.78 is 5.62. The summed E-state index contributed by atoms with van der Waals surface area (Å²) in [7, 11) is 0. The predicted molar refractivity (Wildman–Crippen MR) is 115 cm³/mol. The van der Waals surface area contributed by atoms with Gasteiger partial charge in [-0.15, -0.1) is 12.4 Å². The summed E-state index contributed by atoms with van der Waals surface area (Å²) in [5, 5.41) is 2.93. The number of amides is 2. The maximum atomic E-state index is 12.7. The Hall–Kier alpha value is -1.79. The maximum Gasteiger partial charge on any atom is 0.253 e. The molecule has 28 heavy (non-hydrogen) atoms. The number of ether oxygens (including phenoxy) is 1. The third-order valence-electron chi connectivity index (χ3n) is 4.80. The van der Waals surface area contributed by atoms with Crippen molar-refractivity contribution in [3.8, 4) is 5.75 Å². The normalized spacial score (nSPS) is 13.6. The van der Waals surface area contributed by atoms with Gasteiger partial charge < -0.3 is 20.7 Å². The van der Waals surface area contributed by atoms with E-state index in [1.807, 2.05) is 11.8 Å². The highest BCUT2D eigenvalue weighted by atomic mass is 35.5. The van der Waals surface area contributed by atoms with E-state index in [-0.39, 0.29) is 24.2 Å². The van der Waals surface area contributed by atoms with Crippen molar-refractivity contribution in [3.05, 3.63) is 23.8 Å². The summed E-state index contributed by atoms with van der Waals surface area (Å²) in [5.74, 6) is 0.575. The molecule has 1 aliphatic heterocycles. The van der Waals surface area contributed by atoms with Gasteiger partial charge in [-0.1, -0.05) is 12.8 Å². The Morgan fingerprint density at radius 1 is 1.11 bits per heavy atom. The summed E-state index contributed by atoms with van der Waals surface area (Å²) in [6, 6.07) is 5.30. The van der Waals surface area contributed by atoms with Crippen LogP contribution >= 0.6 is 12.4 Å². The molecule has 1 aromatic carbocycles. The van der Waals surface area contributed by atoms with E-state index >= 15 is 0 Å². The minimum absolute atomic E-state index is 0. The second-order valence-electron chi connectivity index (χ2n) is 7.00. The van der Waals surface area contributed by atoms with Gasteiger partial charge in [-0.2, -0.15) is 0 Å². The average molecular weight is 412 g/mol. The van der Waals surface area contributed by atoms with Gasteiger partial charge in [0.1, 0.15) is 5.75 Å². The fourth-order valence-corrected chi connectivity index (χ4v) is 3.32. The Morgan fingerprint density at radius 3 is 2.50 bits per heavy atom. The van der Waals surface area contributed by atoms with Gasteiger partial charge in [-0.25, -0.2) is 0 Å². The standard InChI is InChI=1S/C21H33N3O3.ClH/c1-2-27-19-12-11-17(21(26)24-14-8-5-9-15-24)16-18(19)23-20(25)10-6-3-4-7-13-22;/h11-12,16H,2-10,13-15,22H2,1H3,(H,23,25);1H. The Morgan fingerprint density at radius 2 is 1.82 bits per heavy atom. The smallest absolute Gasteiger partial charge is 0.253 e. The topological polar surface area (TPSA) is 84.7 Å². The molecule has 0 unspecified atom stereocenters. The first-order chi connectivity index (χ1) is 13.2. The number of nitrogens with zero attached hydrogens (tertiary/aromatic N) is 1. The molecule has 0 bridgehead atoms. The molecule has 0 radical (unpaired) electrons. The molecule has 0 atom stereocenters. The third kappa shape index (κ3) is 7.68. The number of unbranched alkanes of at least 4 members (excludes halogenated alkanes) is 3. The molecule has 0 spiro atoms. The summed E-state index contributed by atoms with van der Waals surface area (Å²) in [6.07, 6.45) is 7.62. The van der Waals surface area contributed by atoms with Gasteiger partial charge in [0.25, 0.3) is 5.91 Å². The molecule has 7 heteroatoms. The van der Waals surface area contributed by atoms with Crippen LogP contribution in [0.25, 0.3) is 0 Å². The van der Waals surface area contributed by atoms with Crippen LogP contribution < -0.4 is 15.8 Å². The molecular formula is C21H34ClN3O3. The van der Waals surface area contributed by atoms with Crippen molar-refractivity contribution in [2.24, 2.45) is 5.73 Å². The lowest BCUT2D eigenvalue weighted by Gasteiger charge is -2.27. The lowest BCUT2D eigenvalue weighted by atomic mass is 10.1. The van der Waals surface area contributed by atoms with Crippen LogP contribution in [0, 0.1) is 0 Å². The monoisotopic (exact) mass is 411 g/mol. The van der Waals surface area contributed by atoms with E-state index in [1.54, 1.807) is 18.2 Å². The number of hydrogen-bond acceptors (Lipinski definition) is 4. The van der Waals surface area contributed by atoms with Gasteiger partial charge in [0, 0.05) is 25.1 Å². The summed E-state index contributed by atoms with van der Waals surface area (Å²) in [6.45, 7) is 4.70. The largest absolute Gasteiger partial charge is 0.492 e. The van der Waals surface area contributed by atoms with Crippen molar-refractivity contribution in [1.29, 1.82) is 0 Å². The van der Waals surface area contributed by atoms with E-state index in [2.05, 4.69) is 5.32 Å². The number of carbonyl (C=O) groups is 2. The van der Waals surface area contributed by atoms with E-state index in [4.69, 9.17) is 10.5 Å². The van der Waals surface area contributed by atoms with Crippen LogP contribution in [-0.2, 0) is 4.79 Å². The van der Waals surface area contributed by atoms with Gasteiger partial charge in [0.05, 0.1) is 12.3 Å². The molecule has 2 rings (SSSR count). The maximum absolute atomic E-state index is 12.7. The fraction of sp³-hybridized carbons (Fsp3) is 0.619. The molecule has 1 saturated heterocycles. The number of likely N-dealkylation sites (tertiary alicyclic amines) is 1. The number of halogens is 1. The van der Waals surface area contributed by atoms with Gasteiger partial charge in [0.15, 0.2) is 0 Å². The van der Waals surface area contributed by atoms with Crippen molar-refractivity contribution in [2.45, 2.75) is 58.3 Å². The molecule has 1 heterocycles. The van der Waals surface area contributed by atoms with E-state index in [0.717, 1.165) is 51.6 Å². The Bertz CT molecular complexity index is 619. The summed E-state index contributed by atoms with van der Waals surface area (Å²) in [5.41, 5.74) is 6.66. The van der Waals surface area contributed by atoms with Gasteiger partial charge in [-0.3, -0.25) is 9.59 Å². The minimum atomic E-state index is -0.0497. The highest BCUT2D eigenvalue weighted by molar-refractivity contribution is 5.98. The zero-order valence-corrected chi connectivity index (χ0v) is 17.7. The third-order valence-corrected chi connectivity index (χ3v) is 4.80. The number of benzene rings is 1. The van der Waals surface area contributed by atoms with Crippen LogP contribution in [0.4, 0.5) is 5.69 Å². The number of nitrogens with one attached hydrogen (secondary N) is 1. The highest BCUT2D eigenvalue weighted by Gasteiger charge is 2.20. The van der Waals surface area contributed by atoms with Gasteiger partial charge in [-0.05, 0) is 63.8 Å². The molecule has 1 aliphatic rings. The SMILES string of the molecule is CCOc1ccc(C(=O)N2CCCCC2)cc1NC(=O)CCCCCCN.Cl. The second kappa shape index (κ2) is 13.4. The Kier molecular flexibility index (Phi) is 11.6. The molecule has 6 nitrogen and oxygen atoms in total. The van der Waals surface area contributed by atoms with Crippen molar-refractivity contribution >= 4 is 29.9 Å². The minimum Gasteiger partial charge on any atom is -0.492 e. The second-order valence-corrected chi connectivity index (χ2v) is 7.00. The van der Waals surface area contributed by atoms with E-state index in [0.29, 0.717) is 36.6 Å². The number of nitrogens with two attached hydrogens (primary N) is 1. The number of carbonyl (C=O) groups excluding carboxylic acids is 2.